The predicted octanol–water partition coefficient (Wildman–Crippen LogP) is 6.11. The Hall–Kier alpha value is -3.85. The zero-order chi connectivity index (χ0) is 28.1. The number of carbonyl (C=O) groups excluding carboxylic acids is 2. The Bertz CT molecular complexity index is 1480. The van der Waals surface area contributed by atoms with Gasteiger partial charge in [0.1, 0.15) is 12.3 Å². The number of carbonyl (C=O) groups is 2. The average Bonchev–Trinajstić information content (AvgIpc) is 3.63. The van der Waals surface area contributed by atoms with Gasteiger partial charge in [-0.3, -0.25) is 19.5 Å². The third kappa shape index (κ3) is 6.65. The number of nitrogens with one attached hydrogen (secondary N) is 1. The molecule has 8 nitrogen and oxygen atoms in total. The van der Waals surface area contributed by atoms with Crippen molar-refractivity contribution in [1.82, 2.24) is 14.5 Å². The molecule has 1 unspecified atom stereocenters. The molecule has 2 amide bonds. The van der Waals surface area contributed by atoms with E-state index in [4.69, 9.17) is 37.7 Å². The summed E-state index contributed by atoms with van der Waals surface area (Å²) in [6, 6.07) is 21.3. The van der Waals surface area contributed by atoms with E-state index < -0.39 is 5.91 Å². The lowest BCUT2D eigenvalue weighted by atomic mass is 10.1. The van der Waals surface area contributed by atoms with Crippen molar-refractivity contribution in [3.8, 4) is 22.7 Å². The van der Waals surface area contributed by atoms with Crippen LogP contribution in [0.4, 0.5) is 5.95 Å². The lowest BCUT2D eigenvalue weighted by molar-refractivity contribution is -0.117. The van der Waals surface area contributed by atoms with Gasteiger partial charge < -0.3 is 14.4 Å². The molecule has 0 aliphatic carbocycles. The number of benzene rings is 3. The van der Waals surface area contributed by atoms with Crippen molar-refractivity contribution < 1.29 is 19.1 Å². The number of aromatic nitrogens is 2. The fourth-order valence-corrected chi connectivity index (χ4v) is 4.80. The molecule has 0 saturated carbocycles. The van der Waals surface area contributed by atoms with Gasteiger partial charge in [-0.15, -0.1) is 0 Å². The summed E-state index contributed by atoms with van der Waals surface area (Å²) in [4.78, 5) is 33.0. The normalized spacial score (nSPS) is 14.6. The molecular weight excluding hydrogens is 551 g/mol. The molecule has 0 spiro atoms. The summed E-state index contributed by atoms with van der Waals surface area (Å²) in [5.41, 5.74) is 2.66. The van der Waals surface area contributed by atoms with Gasteiger partial charge in [-0.05, 0) is 61.4 Å². The van der Waals surface area contributed by atoms with Crippen LogP contribution in [0.5, 0.6) is 5.75 Å². The second kappa shape index (κ2) is 12.6. The Morgan fingerprint density at radius 1 is 1.07 bits per heavy atom. The highest BCUT2D eigenvalue weighted by Gasteiger charge is 2.26. The van der Waals surface area contributed by atoms with Crippen LogP contribution in [0.25, 0.3) is 16.9 Å². The smallest absolute Gasteiger partial charge is 0.254 e. The number of anilines is 1. The minimum Gasteiger partial charge on any atom is -0.497 e. The highest BCUT2D eigenvalue weighted by Crippen LogP contribution is 2.27. The van der Waals surface area contributed by atoms with Gasteiger partial charge in [0, 0.05) is 46.6 Å². The number of rotatable bonds is 9. The van der Waals surface area contributed by atoms with Crippen LogP contribution in [0.2, 0.25) is 10.0 Å². The Balaban J connectivity index is 1.42. The fourth-order valence-electron chi connectivity index (χ4n) is 4.55. The van der Waals surface area contributed by atoms with E-state index in [2.05, 4.69) is 5.32 Å². The van der Waals surface area contributed by atoms with Crippen LogP contribution in [0, 0.1) is 0 Å². The van der Waals surface area contributed by atoms with Crippen LogP contribution in [-0.4, -0.2) is 59.2 Å². The quantitative estimate of drug-likeness (QED) is 0.259. The topological polar surface area (TPSA) is 85.7 Å². The number of nitrogens with zero attached hydrogens (tertiary/aromatic N) is 3. The largest absolute Gasteiger partial charge is 0.497 e. The average molecular weight is 579 g/mol. The number of methoxy groups -OCH3 is 1. The minimum absolute atomic E-state index is 0.126. The van der Waals surface area contributed by atoms with Gasteiger partial charge >= 0.3 is 0 Å². The van der Waals surface area contributed by atoms with Crippen molar-refractivity contribution in [1.29, 1.82) is 0 Å². The third-order valence-corrected chi connectivity index (χ3v) is 7.09. The Kier molecular flexibility index (Phi) is 8.69. The highest BCUT2D eigenvalue weighted by molar-refractivity contribution is 6.31. The first kappa shape index (κ1) is 27.7. The maximum Gasteiger partial charge on any atom is 0.254 e. The summed E-state index contributed by atoms with van der Waals surface area (Å²) >= 11 is 12.1. The van der Waals surface area contributed by atoms with Crippen molar-refractivity contribution in [2.45, 2.75) is 18.9 Å². The SMILES string of the molecule is COc1cccc(-n2cc(-c3ccc(Cl)cc3)nc2NC(=O)CN(CC2CCCO2)C(=O)c2ccc(Cl)cc2)c1. The zero-order valence-electron chi connectivity index (χ0n) is 21.8. The lowest BCUT2D eigenvalue weighted by Crippen LogP contribution is -2.42. The van der Waals surface area contributed by atoms with Gasteiger partial charge in [0.25, 0.3) is 5.91 Å². The Morgan fingerprint density at radius 2 is 1.80 bits per heavy atom. The molecule has 3 aromatic carbocycles. The first-order valence-corrected chi connectivity index (χ1v) is 13.6. The molecule has 0 bridgehead atoms. The van der Waals surface area contributed by atoms with Crippen molar-refractivity contribution >= 4 is 41.0 Å². The molecule has 1 aromatic heterocycles. The summed E-state index contributed by atoms with van der Waals surface area (Å²) in [7, 11) is 1.59. The molecule has 1 aliphatic rings. The Morgan fingerprint density at radius 3 is 2.48 bits per heavy atom. The van der Waals surface area contributed by atoms with E-state index in [1.807, 2.05) is 42.6 Å². The monoisotopic (exact) mass is 578 g/mol. The summed E-state index contributed by atoms with van der Waals surface area (Å²) in [5.74, 6) is 0.296. The summed E-state index contributed by atoms with van der Waals surface area (Å²) < 4.78 is 12.9. The third-order valence-electron chi connectivity index (χ3n) is 6.59. The molecule has 40 heavy (non-hydrogen) atoms. The molecule has 1 aliphatic heterocycles. The molecule has 0 radical (unpaired) electrons. The molecule has 1 fully saturated rings. The van der Waals surface area contributed by atoms with Crippen molar-refractivity contribution in [2.24, 2.45) is 0 Å². The van der Waals surface area contributed by atoms with Crippen LogP contribution in [0.3, 0.4) is 0 Å². The number of ether oxygens (including phenoxy) is 2. The molecule has 10 heteroatoms. The van der Waals surface area contributed by atoms with E-state index in [-0.39, 0.29) is 18.6 Å². The number of hydrogen-bond acceptors (Lipinski definition) is 5. The molecule has 5 rings (SSSR count). The predicted molar refractivity (Wildman–Crippen MR) is 156 cm³/mol. The Labute approximate surface area is 242 Å². The van der Waals surface area contributed by atoms with Gasteiger partial charge in [-0.1, -0.05) is 41.4 Å². The van der Waals surface area contributed by atoms with E-state index >= 15 is 0 Å². The van der Waals surface area contributed by atoms with Crippen LogP contribution in [0.15, 0.2) is 79.0 Å². The maximum absolute atomic E-state index is 13.4. The molecule has 2 heterocycles. The molecule has 4 aromatic rings. The molecule has 1 N–H and O–H groups in total. The zero-order valence-corrected chi connectivity index (χ0v) is 23.4. The number of hydrogen-bond donors (Lipinski definition) is 1. The first-order valence-electron chi connectivity index (χ1n) is 12.9. The number of amides is 2. The molecular formula is C30H28Cl2N4O4. The van der Waals surface area contributed by atoms with E-state index in [1.165, 1.54) is 4.90 Å². The van der Waals surface area contributed by atoms with Crippen molar-refractivity contribution in [3.63, 3.8) is 0 Å². The number of halogens is 2. The maximum atomic E-state index is 13.4. The lowest BCUT2D eigenvalue weighted by Gasteiger charge is -2.25. The first-order chi connectivity index (χ1) is 19.4. The van der Waals surface area contributed by atoms with Crippen LogP contribution >= 0.6 is 23.2 Å². The van der Waals surface area contributed by atoms with E-state index in [1.54, 1.807) is 48.1 Å². The van der Waals surface area contributed by atoms with Gasteiger partial charge in [0.05, 0.1) is 24.6 Å². The summed E-state index contributed by atoms with van der Waals surface area (Å²) in [6.45, 7) is 0.767. The second-order valence-electron chi connectivity index (χ2n) is 9.40. The van der Waals surface area contributed by atoms with Gasteiger partial charge in [-0.2, -0.15) is 0 Å². The van der Waals surface area contributed by atoms with E-state index in [0.717, 1.165) is 24.1 Å². The minimum atomic E-state index is -0.391. The van der Waals surface area contributed by atoms with Gasteiger partial charge in [0.15, 0.2) is 0 Å². The fraction of sp³-hybridized carbons (Fsp3) is 0.233. The molecule has 206 valence electrons. The highest BCUT2D eigenvalue weighted by atomic mass is 35.5. The molecule has 1 saturated heterocycles. The van der Waals surface area contributed by atoms with Crippen LogP contribution < -0.4 is 10.1 Å². The summed E-state index contributed by atoms with van der Waals surface area (Å²) in [5, 5.41) is 4.05. The van der Waals surface area contributed by atoms with Gasteiger partial charge in [0.2, 0.25) is 11.9 Å². The van der Waals surface area contributed by atoms with Gasteiger partial charge in [-0.25, -0.2) is 4.98 Å². The van der Waals surface area contributed by atoms with E-state index in [0.29, 0.717) is 46.2 Å². The summed E-state index contributed by atoms with van der Waals surface area (Å²) in [6.07, 6.45) is 3.46. The van der Waals surface area contributed by atoms with E-state index in [9.17, 15) is 9.59 Å². The standard InChI is InChI=1S/C30H28Cl2N4O4/c1-39-25-5-2-4-24(16-25)36-18-27(20-7-11-22(31)12-8-20)33-30(36)34-28(37)19-35(17-26-6-3-15-40-26)29(38)21-9-13-23(32)14-10-21/h2,4-5,7-14,16,18,26H,3,6,15,17,19H2,1H3,(H,33,34,37). The van der Waals surface area contributed by atoms with Crippen LogP contribution in [0.1, 0.15) is 23.2 Å². The second-order valence-corrected chi connectivity index (χ2v) is 10.3. The molecule has 1 atom stereocenters. The van der Waals surface area contributed by atoms with Crippen molar-refractivity contribution in [3.05, 3.63) is 94.6 Å². The van der Waals surface area contributed by atoms with Crippen molar-refractivity contribution in [2.75, 3.05) is 32.1 Å². The van der Waals surface area contributed by atoms with Crippen LogP contribution in [-0.2, 0) is 9.53 Å². The number of imidazole rings is 1.